The number of hydrogen-bond donors (Lipinski definition) is 1. The monoisotopic (exact) mass is 390 g/mol. The van der Waals surface area contributed by atoms with E-state index in [1.54, 1.807) is 0 Å². The molecule has 1 heterocycles. The number of nitrogens with zero attached hydrogens (tertiary/aromatic N) is 1. The number of amides is 2. The topological polar surface area (TPSA) is 67.9 Å². The summed E-state index contributed by atoms with van der Waals surface area (Å²) < 4.78 is 11.5. The highest BCUT2D eigenvalue weighted by Crippen LogP contribution is 2.31. The van der Waals surface area contributed by atoms with E-state index in [-0.39, 0.29) is 23.7 Å². The van der Waals surface area contributed by atoms with E-state index in [1.165, 1.54) is 0 Å². The Morgan fingerprint density at radius 1 is 1.07 bits per heavy atom. The summed E-state index contributed by atoms with van der Waals surface area (Å²) in [6, 6.07) is 5.52. The summed E-state index contributed by atoms with van der Waals surface area (Å²) in [5.74, 6) is 1.45. The summed E-state index contributed by atoms with van der Waals surface area (Å²) >= 11 is 0. The van der Waals surface area contributed by atoms with Gasteiger partial charge in [0.05, 0.1) is 13.2 Å². The lowest BCUT2D eigenvalue weighted by Gasteiger charge is -2.32. The molecule has 156 valence electrons. The largest absolute Gasteiger partial charge is 0.490 e. The second kappa shape index (κ2) is 10.9. The zero-order valence-corrected chi connectivity index (χ0v) is 17.6. The van der Waals surface area contributed by atoms with Crippen LogP contribution in [0.15, 0.2) is 18.2 Å². The third-order valence-corrected chi connectivity index (χ3v) is 4.81. The molecule has 6 nitrogen and oxygen atoms in total. The molecule has 6 heteroatoms. The van der Waals surface area contributed by atoms with Gasteiger partial charge in [-0.2, -0.15) is 0 Å². The number of ether oxygens (including phenoxy) is 2. The molecular formula is C22H34N2O4. The summed E-state index contributed by atoms with van der Waals surface area (Å²) in [7, 11) is 0. The van der Waals surface area contributed by atoms with Crippen molar-refractivity contribution in [1.29, 1.82) is 0 Å². The van der Waals surface area contributed by atoms with Crippen molar-refractivity contribution < 1.29 is 19.1 Å². The molecule has 0 unspecified atom stereocenters. The lowest BCUT2D eigenvalue weighted by Crippen LogP contribution is -2.43. The van der Waals surface area contributed by atoms with Crippen LogP contribution >= 0.6 is 0 Å². The number of rotatable bonds is 9. The fraction of sp³-hybridized carbons (Fsp3) is 0.636. The lowest BCUT2D eigenvalue weighted by molar-refractivity contribution is -0.137. The maximum Gasteiger partial charge on any atom is 0.227 e. The van der Waals surface area contributed by atoms with Crippen molar-refractivity contribution in [2.24, 2.45) is 11.8 Å². The Balaban J connectivity index is 1.96. The van der Waals surface area contributed by atoms with E-state index in [4.69, 9.17) is 9.47 Å². The average molecular weight is 391 g/mol. The molecule has 1 fully saturated rings. The highest BCUT2D eigenvalue weighted by molar-refractivity contribution is 5.93. The van der Waals surface area contributed by atoms with Gasteiger partial charge in [-0.1, -0.05) is 27.7 Å². The van der Waals surface area contributed by atoms with Crippen LogP contribution in [0.5, 0.6) is 11.5 Å². The molecule has 0 radical (unpaired) electrons. The van der Waals surface area contributed by atoms with Gasteiger partial charge in [-0.25, -0.2) is 0 Å². The molecule has 2 amide bonds. The smallest absolute Gasteiger partial charge is 0.227 e. The molecule has 0 spiro atoms. The molecule has 0 aromatic heterocycles. The van der Waals surface area contributed by atoms with Crippen LogP contribution < -0.4 is 14.8 Å². The number of anilines is 1. The van der Waals surface area contributed by atoms with E-state index in [9.17, 15) is 9.59 Å². The van der Waals surface area contributed by atoms with Crippen molar-refractivity contribution >= 4 is 17.5 Å². The molecule has 1 aliphatic rings. The predicted molar refractivity (Wildman–Crippen MR) is 111 cm³/mol. The first-order valence-corrected chi connectivity index (χ1v) is 10.5. The normalized spacial score (nSPS) is 14.8. The van der Waals surface area contributed by atoms with Crippen molar-refractivity contribution in [3.05, 3.63) is 18.2 Å². The second-order valence-corrected chi connectivity index (χ2v) is 7.60. The Bertz CT molecular complexity index is 652. The van der Waals surface area contributed by atoms with E-state index in [2.05, 4.69) is 19.2 Å². The molecule has 1 saturated heterocycles. The number of carbonyl (C=O) groups is 2. The number of likely N-dealkylation sites (tertiary alicyclic amines) is 1. The van der Waals surface area contributed by atoms with Gasteiger partial charge in [-0.05, 0) is 37.8 Å². The van der Waals surface area contributed by atoms with Gasteiger partial charge in [-0.15, -0.1) is 0 Å². The maximum atomic E-state index is 12.7. The molecule has 1 aromatic rings. The molecular weight excluding hydrogens is 356 g/mol. The maximum absolute atomic E-state index is 12.7. The Kier molecular flexibility index (Phi) is 8.61. The lowest BCUT2D eigenvalue weighted by atomic mass is 9.95. The minimum absolute atomic E-state index is 0.000291. The van der Waals surface area contributed by atoms with Crippen LogP contribution in [0.2, 0.25) is 0 Å². The number of hydrogen-bond acceptors (Lipinski definition) is 4. The summed E-state index contributed by atoms with van der Waals surface area (Å²) in [6.45, 7) is 10.4. The zero-order valence-electron chi connectivity index (χ0n) is 17.6. The van der Waals surface area contributed by atoms with Crippen LogP contribution in [-0.4, -0.2) is 43.0 Å². The van der Waals surface area contributed by atoms with Crippen LogP contribution in [0.4, 0.5) is 5.69 Å². The SMILES string of the molecule is CCCOc1ccc(NC(=O)C2CCN(C(=O)C(C)C)CC2)cc1OCCC. The van der Waals surface area contributed by atoms with Gasteiger partial charge < -0.3 is 19.7 Å². The van der Waals surface area contributed by atoms with Crippen molar-refractivity contribution in [3.63, 3.8) is 0 Å². The highest BCUT2D eigenvalue weighted by atomic mass is 16.5. The van der Waals surface area contributed by atoms with Crippen LogP contribution in [0.1, 0.15) is 53.4 Å². The van der Waals surface area contributed by atoms with Gasteiger partial charge in [0, 0.05) is 36.7 Å². The average Bonchev–Trinajstić information content (AvgIpc) is 2.70. The van der Waals surface area contributed by atoms with E-state index in [1.807, 2.05) is 36.9 Å². The quantitative estimate of drug-likeness (QED) is 0.689. The molecule has 28 heavy (non-hydrogen) atoms. The van der Waals surface area contributed by atoms with Gasteiger partial charge in [-0.3, -0.25) is 9.59 Å². The number of carbonyl (C=O) groups excluding carboxylic acids is 2. The molecule has 1 N–H and O–H groups in total. The molecule has 0 saturated carbocycles. The standard InChI is InChI=1S/C22H34N2O4/c1-5-13-27-19-8-7-18(15-20(19)28-14-6-2)23-21(25)17-9-11-24(12-10-17)22(26)16(3)4/h7-8,15-17H,5-6,9-14H2,1-4H3,(H,23,25). The Hall–Kier alpha value is -2.24. The van der Waals surface area contributed by atoms with Crippen molar-refractivity contribution in [1.82, 2.24) is 4.90 Å². The number of benzene rings is 1. The highest BCUT2D eigenvalue weighted by Gasteiger charge is 2.28. The first kappa shape index (κ1) is 22.1. The van der Waals surface area contributed by atoms with Gasteiger partial charge in [0.25, 0.3) is 0 Å². The first-order valence-electron chi connectivity index (χ1n) is 10.5. The summed E-state index contributed by atoms with van der Waals surface area (Å²) in [5.41, 5.74) is 0.709. The predicted octanol–water partition coefficient (Wildman–Crippen LogP) is 4.10. The summed E-state index contributed by atoms with van der Waals surface area (Å²) in [4.78, 5) is 26.6. The van der Waals surface area contributed by atoms with E-state index in [0.717, 1.165) is 12.8 Å². The summed E-state index contributed by atoms with van der Waals surface area (Å²) in [5, 5.41) is 3.00. The van der Waals surface area contributed by atoms with Crippen molar-refractivity contribution in [3.8, 4) is 11.5 Å². The van der Waals surface area contributed by atoms with Gasteiger partial charge >= 0.3 is 0 Å². The minimum Gasteiger partial charge on any atom is -0.490 e. The van der Waals surface area contributed by atoms with Gasteiger partial charge in [0.15, 0.2) is 11.5 Å². The number of piperidine rings is 1. The second-order valence-electron chi connectivity index (χ2n) is 7.60. The van der Waals surface area contributed by atoms with Crippen LogP contribution in [0.3, 0.4) is 0 Å². The minimum atomic E-state index is -0.0766. The summed E-state index contributed by atoms with van der Waals surface area (Å²) in [6.07, 6.45) is 3.21. The third kappa shape index (κ3) is 6.14. The van der Waals surface area contributed by atoms with E-state index >= 15 is 0 Å². The Morgan fingerprint density at radius 2 is 1.68 bits per heavy atom. The van der Waals surface area contributed by atoms with Crippen LogP contribution in [0.25, 0.3) is 0 Å². The number of nitrogens with one attached hydrogen (secondary N) is 1. The van der Waals surface area contributed by atoms with Crippen LogP contribution in [0, 0.1) is 11.8 Å². The first-order chi connectivity index (χ1) is 13.5. The molecule has 2 rings (SSSR count). The van der Waals surface area contributed by atoms with Crippen molar-refractivity contribution in [2.75, 3.05) is 31.6 Å². The van der Waals surface area contributed by atoms with Crippen molar-refractivity contribution in [2.45, 2.75) is 53.4 Å². The zero-order chi connectivity index (χ0) is 20.5. The molecule has 0 atom stereocenters. The van der Waals surface area contributed by atoms with Gasteiger partial charge in [0.1, 0.15) is 0 Å². The Labute approximate surface area is 168 Å². The molecule has 0 bridgehead atoms. The third-order valence-electron chi connectivity index (χ3n) is 4.81. The van der Waals surface area contributed by atoms with Gasteiger partial charge in [0.2, 0.25) is 11.8 Å². The Morgan fingerprint density at radius 3 is 2.25 bits per heavy atom. The molecule has 1 aliphatic heterocycles. The van der Waals surface area contributed by atoms with E-state index in [0.29, 0.717) is 56.3 Å². The van der Waals surface area contributed by atoms with Crippen LogP contribution in [-0.2, 0) is 9.59 Å². The fourth-order valence-corrected chi connectivity index (χ4v) is 3.21. The molecule has 1 aromatic carbocycles. The molecule has 0 aliphatic carbocycles. The van der Waals surface area contributed by atoms with E-state index < -0.39 is 0 Å². The fourth-order valence-electron chi connectivity index (χ4n) is 3.21.